The molecule has 0 amide bonds. The number of aliphatic hydroxyl groups is 2. The highest BCUT2D eigenvalue weighted by atomic mass is 32.1. The number of hydrogen-bond acceptors (Lipinski definition) is 5. The third-order valence-corrected chi connectivity index (χ3v) is 6.46. The molecule has 2 aromatic heterocycles. The topological polar surface area (TPSA) is 61.5 Å². The van der Waals surface area contributed by atoms with Crippen molar-refractivity contribution in [2.45, 2.75) is 57.3 Å². The lowest BCUT2D eigenvalue weighted by Gasteiger charge is -2.26. The van der Waals surface area contributed by atoms with Crippen molar-refractivity contribution in [1.29, 1.82) is 0 Å². The third-order valence-electron chi connectivity index (χ3n) is 5.23. The number of hydrogen-bond donors (Lipinski definition) is 2. The normalized spacial score (nSPS) is 20.4. The van der Waals surface area contributed by atoms with Gasteiger partial charge < -0.3 is 10.2 Å². The molecule has 0 radical (unpaired) electrons. The summed E-state index contributed by atoms with van der Waals surface area (Å²) in [6.07, 6.45) is 4.62. The van der Waals surface area contributed by atoms with Crippen LogP contribution in [0.4, 0.5) is 0 Å². The molecule has 1 unspecified atom stereocenters. The van der Waals surface area contributed by atoms with Crippen LogP contribution in [0.2, 0.25) is 0 Å². The Hall–Kier alpha value is -1.21. The molecule has 0 aromatic carbocycles. The summed E-state index contributed by atoms with van der Waals surface area (Å²) in [4.78, 5) is 5.45. The molecule has 1 aliphatic carbocycles. The maximum atomic E-state index is 9.75. The zero-order valence-corrected chi connectivity index (χ0v) is 14.7. The maximum absolute atomic E-state index is 9.75. The fourth-order valence-electron chi connectivity index (χ4n) is 3.86. The van der Waals surface area contributed by atoms with Crippen LogP contribution in [0, 0.1) is 0 Å². The SMILES string of the molecule is OCC(O)c1cc2n(n1)CCN(Cc1ccc(C3CCCC3)s1)C2. The van der Waals surface area contributed by atoms with E-state index in [1.54, 1.807) is 4.88 Å². The van der Waals surface area contributed by atoms with E-state index in [0.29, 0.717) is 5.69 Å². The summed E-state index contributed by atoms with van der Waals surface area (Å²) >= 11 is 1.98. The van der Waals surface area contributed by atoms with E-state index in [4.69, 9.17) is 5.11 Å². The summed E-state index contributed by atoms with van der Waals surface area (Å²) in [6, 6.07) is 6.55. The first kappa shape index (κ1) is 16.3. The molecule has 1 aliphatic heterocycles. The molecule has 2 N–H and O–H groups in total. The lowest BCUT2D eigenvalue weighted by atomic mass is 10.1. The Morgan fingerprint density at radius 1 is 1.25 bits per heavy atom. The molecule has 0 bridgehead atoms. The molecule has 24 heavy (non-hydrogen) atoms. The van der Waals surface area contributed by atoms with E-state index in [1.165, 1.54) is 30.6 Å². The van der Waals surface area contributed by atoms with Crippen LogP contribution in [0.1, 0.15) is 58.8 Å². The average Bonchev–Trinajstić information content (AvgIpc) is 3.33. The quantitative estimate of drug-likeness (QED) is 0.873. The highest BCUT2D eigenvalue weighted by molar-refractivity contribution is 7.12. The molecule has 2 aromatic rings. The molecule has 130 valence electrons. The number of fused-ring (bicyclic) bond motifs is 1. The summed E-state index contributed by atoms with van der Waals surface area (Å²) in [6.45, 7) is 3.37. The minimum atomic E-state index is -0.872. The van der Waals surface area contributed by atoms with E-state index in [-0.39, 0.29) is 6.61 Å². The number of rotatable bonds is 5. The molecule has 0 saturated heterocycles. The van der Waals surface area contributed by atoms with Crippen LogP contribution in [0.3, 0.4) is 0 Å². The van der Waals surface area contributed by atoms with Crippen LogP contribution in [0.5, 0.6) is 0 Å². The van der Waals surface area contributed by atoms with Gasteiger partial charge in [0.1, 0.15) is 6.10 Å². The van der Waals surface area contributed by atoms with Gasteiger partial charge in [-0.1, -0.05) is 12.8 Å². The van der Waals surface area contributed by atoms with Crippen molar-refractivity contribution in [2.75, 3.05) is 13.2 Å². The molecule has 1 fully saturated rings. The van der Waals surface area contributed by atoms with E-state index in [0.717, 1.165) is 37.8 Å². The van der Waals surface area contributed by atoms with Gasteiger partial charge in [0.2, 0.25) is 0 Å². The van der Waals surface area contributed by atoms with Crippen molar-refractivity contribution in [3.8, 4) is 0 Å². The summed E-state index contributed by atoms with van der Waals surface area (Å²) in [7, 11) is 0. The van der Waals surface area contributed by atoms with Crippen molar-refractivity contribution in [3.05, 3.63) is 39.3 Å². The van der Waals surface area contributed by atoms with E-state index >= 15 is 0 Å². The van der Waals surface area contributed by atoms with Crippen LogP contribution in [0.25, 0.3) is 0 Å². The van der Waals surface area contributed by atoms with E-state index in [2.05, 4.69) is 22.1 Å². The molecule has 6 heteroatoms. The van der Waals surface area contributed by atoms with E-state index in [1.807, 2.05) is 22.1 Å². The first-order valence-electron chi connectivity index (χ1n) is 8.89. The highest BCUT2D eigenvalue weighted by Gasteiger charge is 2.22. The molecular weight excluding hydrogens is 322 g/mol. The Morgan fingerprint density at radius 3 is 2.88 bits per heavy atom. The summed E-state index contributed by atoms with van der Waals surface area (Å²) in [5, 5.41) is 23.2. The second-order valence-electron chi connectivity index (χ2n) is 6.98. The average molecular weight is 347 g/mol. The predicted molar refractivity (Wildman–Crippen MR) is 93.9 cm³/mol. The standard InChI is InChI=1S/C18H25N3O2S/c22-12-17(23)16-9-14-10-20(7-8-21(14)19-16)11-15-5-6-18(24-15)13-3-1-2-4-13/h5-6,9,13,17,22-23H,1-4,7-8,10-12H2. The van der Waals surface area contributed by atoms with Crippen molar-refractivity contribution < 1.29 is 10.2 Å². The zero-order chi connectivity index (χ0) is 16.5. The minimum Gasteiger partial charge on any atom is -0.393 e. The van der Waals surface area contributed by atoms with Gasteiger partial charge in [0.25, 0.3) is 0 Å². The monoisotopic (exact) mass is 347 g/mol. The Balaban J connectivity index is 1.40. The summed E-state index contributed by atoms with van der Waals surface area (Å²) < 4.78 is 1.96. The van der Waals surface area contributed by atoms with Gasteiger partial charge in [0.05, 0.1) is 24.5 Å². The van der Waals surface area contributed by atoms with Crippen molar-refractivity contribution in [1.82, 2.24) is 14.7 Å². The van der Waals surface area contributed by atoms with Crippen LogP contribution >= 0.6 is 11.3 Å². The lowest BCUT2D eigenvalue weighted by molar-refractivity contribution is 0.0915. The molecule has 4 rings (SSSR count). The lowest BCUT2D eigenvalue weighted by Crippen LogP contribution is -2.33. The van der Waals surface area contributed by atoms with Crippen LogP contribution in [-0.4, -0.2) is 38.0 Å². The molecular formula is C18H25N3O2S. The summed E-state index contributed by atoms with van der Waals surface area (Å²) in [5.41, 5.74) is 1.70. The second-order valence-corrected chi connectivity index (χ2v) is 8.18. The molecule has 3 heterocycles. The first-order chi connectivity index (χ1) is 11.7. The first-order valence-corrected chi connectivity index (χ1v) is 9.71. The number of nitrogens with zero attached hydrogens (tertiary/aromatic N) is 3. The molecule has 0 spiro atoms. The van der Waals surface area contributed by atoms with Crippen LogP contribution < -0.4 is 0 Å². The molecule has 5 nitrogen and oxygen atoms in total. The van der Waals surface area contributed by atoms with E-state index in [9.17, 15) is 5.11 Å². The Kier molecular flexibility index (Phi) is 4.72. The van der Waals surface area contributed by atoms with Crippen molar-refractivity contribution in [2.24, 2.45) is 0 Å². The maximum Gasteiger partial charge on any atom is 0.121 e. The largest absolute Gasteiger partial charge is 0.393 e. The fourth-order valence-corrected chi connectivity index (χ4v) is 5.09. The van der Waals surface area contributed by atoms with Gasteiger partial charge in [-0.15, -0.1) is 11.3 Å². The predicted octanol–water partition coefficient (Wildman–Crippen LogP) is 2.64. The van der Waals surface area contributed by atoms with Crippen LogP contribution in [-0.2, 0) is 19.6 Å². The highest BCUT2D eigenvalue weighted by Crippen LogP contribution is 2.38. The second kappa shape index (κ2) is 6.96. The number of aromatic nitrogens is 2. The molecule has 1 saturated carbocycles. The van der Waals surface area contributed by atoms with Crippen molar-refractivity contribution in [3.63, 3.8) is 0 Å². The molecule has 1 atom stereocenters. The number of thiophene rings is 1. The Morgan fingerprint density at radius 2 is 2.08 bits per heavy atom. The van der Waals surface area contributed by atoms with E-state index < -0.39 is 6.10 Å². The van der Waals surface area contributed by atoms with Gasteiger partial charge in [0.15, 0.2) is 0 Å². The minimum absolute atomic E-state index is 0.278. The summed E-state index contributed by atoms with van der Waals surface area (Å²) in [5.74, 6) is 0.800. The fraction of sp³-hybridized carbons (Fsp3) is 0.611. The zero-order valence-electron chi connectivity index (χ0n) is 13.9. The van der Waals surface area contributed by atoms with Gasteiger partial charge in [-0.3, -0.25) is 9.58 Å². The van der Waals surface area contributed by atoms with Gasteiger partial charge in [-0.25, -0.2) is 0 Å². The number of aliphatic hydroxyl groups excluding tert-OH is 2. The van der Waals surface area contributed by atoms with Gasteiger partial charge in [-0.2, -0.15) is 5.10 Å². The van der Waals surface area contributed by atoms with Gasteiger partial charge >= 0.3 is 0 Å². The van der Waals surface area contributed by atoms with Gasteiger partial charge in [0, 0.05) is 29.4 Å². The van der Waals surface area contributed by atoms with Gasteiger partial charge in [-0.05, 0) is 37.0 Å². The smallest absolute Gasteiger partial charge is 0.121 e. The van der Waals surface area contributed by atoms with Crippen LogP contribution in [0.15, 0.2) is 18.2 Å². The molecule has 2 aliphatic rings. The third kappa shape index (κ3) is 3.28. The Labute approximate surface area is 146 Å². The van der Waals surface area contributed by atoms with Crippen molar-refractivity contribution >= 4 is 11.3 Å². The Bertz CT molecular complexity index is 690.